The Balaban J connectivity index is 1.43. The fourth-order valence-corrected chi connectivity index (χ4v) is 5.35. The SMILES string of the molecule is Cc1cc(C#N)ccc1-c1cc2c(n3cnnc13)NCc1c(F)ccc3c1C1(CO3)C[C@H]1O2. The largest absolute Gasteiger partial charge is 0.492 e. The van der Waals surface area contributed by atoms with E-state index in [1.165, 1.54) is 6.07 Å². The van der Waals surface area contributed by atoms with E-state index in [0.717, 1.165) is 34.4 Å². The van der Waals surface area contributed by atoms with E-state index >= 15 is 0 Å². The van der Waals surface area contributed by atoms with Gasteiger partial charge < -0.3 is 14.8 Å². The zero-order chi connectivity index (χ0) is 22.3. The maximum Gasteiger partial charge on any atom is 0.170 e. The number of hydrogen-bond donors (Lipinski definition) is 1. The second-order valence-corrected chi connectivity index (χ2v) is 8.94. The Bertz CT molecular complexity index is 1540. The van der Waals surface area contributed by atoms with Crippen molar-refractivity contribution < 1.29 is 13.9 Å². The van der Waals surface area contributed by atoms with Crippen LogP contribution in [-0.2, 0) is 12.0 Å². The van der Waals surface area contributed by atoms with Crippen molar-refractivity contribution in [2.75, 3.05) is 11.9 Å². The van der Waals surface area contributed by atoms with Crippen LogP contribution in [0.2, 0.25) is 0 Å². The average molecular weight is 439 g/mol. The van der Waals surface area contributed by atoms with Gasteiger partial charge >= 0.3 is 0 Å². The van der Waals surface area contributed by atoms with Gasteiger partial charge in [-0.3, -0.25) is 4.40 Å². The Labute approximate surface area is 188 Å². The number of aryl methyl sites for hydroxylation is 1. The number of halogens is 1. The summed E-state index contributed by atoms with van der Waals surface area (Å²) >= 11 is 0. The van der Waals surface area contributed by atoms with E-state index < -0.39 is 0 Å². The van der Waals surface area contributed by atoms with Crippen LogP contribution < -0.4 is 14.8 Å². The van der Waals surface area contributed by atoms with Crippen LogP contribution in [0.15, 0.2) is 42.7 Å². The summed E-state index contributed by atoms with van der Waals surface area (Å²) in [4.78, 5) is 0. The minimum Gasteiger partial charge on any atom is -0.492 e. The van der Waals surface area contributed by atoms with Crippen LogP contribution in [-0.4, -0.2) is 27.3 Å². The van der Waals surface area contributed by atoms with Gasteiger partial charge in [-0.15, -0.1) is 10.2 Å². The lowest BCUT2D eigenvalue weighted by Gasteiger charge is -2.17. The van der Waals surface area contributed by atoms with Crippen LogP contribution >= 0.6 is 0 Å². The number of nitriles is 1. The van der Waals surface area contributed by atoms with E-state index in [9.17, 15) is 9.65 Å². The highest BCUT2D eigenvalue weighted by atomic mass is 19.1. The lowest BCUT2D eigenvalue weighted by atomic mass is 9.92. The second kappa shape index (κ2) is 6.23. The molecule has 1 fully saturated rings. The molecular formula is C25H18FN5O2. The Morgan fingerprint density at radius 2 is 2.12 bits per heavy atom. The van der Waals surface area contributed by atoms with Crippen molar-refractivity contribution in [2.45, 2.75) is 31.4 Å². The van der Waals surface area contributed by atoms with Gasteiger partial charge in [0.1, 0.15) is 30.6 Å². The molecule has 1 N–H and O–H groups in total. The Hall–Kier alpha value is -4.12. The number of aromatic nitrogens is 3. The van der Waals surface area contributed by atoms with Crippen molar-refractivity contribution >= 4 is 11.5 Å². The lowest BCUT2D eigenvalue weighted by molar-refractivity contribution is 0.243. The predicted octanol–water partition coefficient (Wildman–Crippen LogP) is 4.12. The van der Waals surface area contributed by atoms with Crippen molar-refractivity contribution in [3.8, 4) is 28.7 Å². The summed E-state index contributed by atoms with van der Waals surface area (Å²) < 4.78 is 29.2. The molecule has 1 saturated carbocycles. The van der Waals surface area contributed by atoms with Crippen LogP contribution in [0.3, 0.4) is 0 Å². The zero-order valence-electron chi connectivity index (χ0n) is 17.7. The third-order valence-corrected chi connectivity index (χ3v) is 7.09. The lowest BCUT2D eigenvalue weighted by Crippen LogP contribution is -2.19. The number of benzene rings is 2. The van der Waals surface area contributed by atoms with Gasteiger partial charge in [0.25, 0.3) is 0 Å². The Morgan fingerprint density at radius 1 is 1.21 bits per heavy atom. The molecule has 0 saturated heterocycles. The number of nitrogens with zero attached hydrogens (tertiary/aromatic N) is 4. The average Bonchev–Trinajstić information content (AvgIpc) is 3.13. The first-order valence-corrected chi connectivity index (χ1v) is 10.8. The predicted molar refractivity (Wildman–Crippen MR) is 118 cm³/mol. The molecule has 2 atom stereocenters. The molecule has 0 amide bonds. The summed E-state index contributed by atoms with van der Waals surface area (Å²) in [5.74, 6) is 1.84. The molecule has 33 heavy (non-hydrogen) atoms. The van der Waals surface area contributed by atoms with Crippen LogP contribution in [0.5, 0.6) is 11.5 Å². The van der Waals surface area contributed by atoms with Gasteiger partial charge in [-0.2, -0.15) is 5.26 Å². The van der Waals surface area contributed by atoms with E-state index in [4.69, 9.17) is 9.47 Å². The molecule has 162 valence electrons. The molecule has 1 aliphatic carbocycles. The van der Waals surface area contributed by atoms with Gasteiger partial charge in [-0.1, -0.05) is 6.07 Å². The van der Waals surface area contributed by atoms with Gasteiger partial charge in [-0.05, 0) is 48.4 Å². The number of fused-ring (bicyclic) bond motifs is 3. The molecule has 0 bridgehead atoms. The summed E-state index contributed by atoms with van der Waals surface area (Å²) in [6, 6.07) is 12.9. The molecule has 2 aliphatic heterocycles. The monoisotopic (exact) mass is 439 g/mol. The number of anilines is 1. The Kier molecular flexibility index (Phi) is 3.48. The molecule has 8 heteroatoms. The van der Waals surface area contributed by atoms with Crippen molar-refractivity contribution in [1.82, 2.24) is 14.6 Å². The third-order valence-electron chi connectivity index (χ3n) is 7.09. The number of rotatable bonds is 1. The van der Waals surface area contributed by atoms with Crippen molar-refractivity contribution in [3.05, 3.63) is 70.8 Å². The fourth-order valence-electron chi connectivity index (χ4n) is 5.35. The normalized spacial score (nSPS) is 21.8. The molecule has 0 radical (unpaired) electrons. The van der Waals surface area contributed by atoms with Gasteiger partial charge in [0.05, 0.1) is 17.0 Å². The van der Waals surface area contributed by atoms with Crippen LogP contribution in [0.25, 0.3) is 16.8 Å². The first kappa shape index (κ1) is 18.5. The van der Waals surface area contributed by atoms with Crippen LogP contribution in [0.4, 0.5) is 10.2 Å². The van der Waals surface area contributed by atoms with E-state index in [1.54, 1.807) is 18.5 Å². The highest BCUT2D eigenvalue weighted by Crippen LogP contribution is 2.59. The number of pyridine rings is 1. The van der Waals surface area contributed by atoms with E-state index in [0.29, 0.717) is 41.5 Å². The standard InChI is InChI=1S/C25H18FN5O2/c1-13-6-14(9-27)2-3-15(13)16-7-20-24(31-12-29-30-23(16)31)28-10-17-18(26)4-5-19-22(17)25(11-32-19)8-21(25)33-20/h2-7,12,21,28H,8,10-11H2,1H3/t21-,25?/m1/s1. The van der Waals surface area contributed by atoms with Crippen LogP contribution in [0.1, 0.15) is 28.7 Å². The highest BCUT2D eigenvalue weighted by molar-refractivity contribution is 5.84. The second-order valence-electron chi connectivity index (χ2n) is 8.94. The topological polar surface area (TPSA) is 84.5 Å². The smallest absolute Gasteiger partial charge is 0.170 e. The number of ether oxygens (including phenoxy) is 2. The quantitative estimate of drug-likeness (QED) is 0.480. The summed E-state index contributed by atoms with van der Waals surface area (Å²) in [6.07, 6.45) is 2.30. The summed E-state index contributed by atoms with van der Waals surface area (Å²) in [6.45, 7) is 2.76. The molecule has 4 heterocycles. The molecular weight excluding hydrogens is 421 g/mol. The minimum absolute atomic E-state index is 0.109. The molecule has 3 aliphatic rings. The molecule has 2 aromatic heterocycles. The fraction of sp³-hybridized carbons (Fsp3) is 0.240. The first-order valence-electron chi connectivity index (χ1n) is 10.8. The van der Waals surface area contributed by atoms with Crippen molar-refractivity contribution in [2.24, 2.45) is 0 Å². The summed E-state index contributed by atoms with van der Waals surface area (Å²) in [5, 5.41) is 21.1. The molecule has 7 nitrogen and oxygen atoms in total. The van der Waals surface area contributed by atoms with Gasteiger partial charge in [-0.25, -0.2) is 4.39 Å². The molecule has 4 aromatic rings. The molecule has 2 aromatic carbocycles. The molecule has 1 spiro atoms. The van der Waals surface area contributed by atoms with E-state index in [-0.39, 0.29) is 17.3 Å². The van der Waals surface area contributed by atoms with Crippen LogP contribution in [0, 0.1) is 24.1 Å². The minimum atomic E-state index is -0.317. The van der Waals surface area contributed by atoms with Gasteiger partial charge in [0, 0.05) is 29.7 Å². The van der Waals surface area contributed by atoms with E-state index in [2.05, 4.69) is 21.6 Å². The third kappa shape index (κ3) is 2.42. The van der Waals surface area contributed by atoms with Crippen molar-refractivity contribution in [3.63, 3.8) is 0 Å². The maximum atomic E-state index is 14.9. The Morgan fingerprint density at radius 3 is 2.97 bits per heavy atom. The molecule has 1 unspecified atom stereocenters. The summed E-state index contributed by atoms with van der Waals surface area (Å²) in [7, 11) is 0. The van der Waals surface area contributed by atoms with Crippen molar-refractivity contribution in [1.29, 1.82) is 5.26 Å². The van der Waals surface area contributed by atoms with Gasteiger partial charge in [0.2, 0.25) is 0 Å². The molecule has 7 rings (SSSR count). The number of nitrogens with one attached hydrogen (secondary N) is 1. The first-order chi connectivity index (χ1) is 16.1. The zero-order valence-corrected chi connectivity index (χ0v) is 17.7. The number of hydrogen-bond acceptors (Lipinski definition) is 6. The van der Waals surface area contributed by atoms with E-state index in [1.807, 2.05) is 29.5 Å². The van der Waals surface area contributed by atoms with Gasteiger partial charge in [0.15, 0.2) is 17.2 Å². The maximum absolute atomic E-state index is 14.9. The summed E-state index contributed by atoms with van der Waals surface area (Å²) in [5.41, 5.74) is 5.26. The highest BCUT2D eigenvalue weighted by Gasteiger charge is 2.64.